The lowest BCUT2D eigenvalue weighted by Crippen LogP contribution is -2.44. The summed E-state index contributed by atoms with van der Waals surface area (Å²) in [6.45, 7) is 1.83. The number of ketones is 1. The first kappa shape index (κ1) is 12.8. The van der Waals surface area contributed by atoms with Crippen molar-refractivity contribution in [2.45, 2.75) is 25.8 Å². The number of hydrazine groups is 1. The van der Waals surface area contributed by atoms with E-state index in [9.17, 15) is 9.18 Å². The van der Waals surface area contributed by atoms with Gasteiger partial charge in [0.05, 0.1) is 6.04 Å². The van der Waals surface area contributed by atoms with Crippen molar-refractivity contribution in [3.63, 3.8) is 0 Å². The number of carbonyl (C=O) groups is 1. The normalized spacial score (nSPS) is 12.4. The van der Waals surface area contributed by atoms with Gasteiger partial charge in [0, 0.05) is 6.42 Å². The molecule has 0 radical (unpaired) electrons. The number of halogens is 1. The summed E-state index contributed by atoms with van der Waals surface area (Å²) in [7, 11) is 1.72. The van der Waals surface area contributed by atoms with Crippen LogP contribution in [0.1, 0.15) is 18.9 Å². The highest BCUT2D eigenvalue weighted by molar-refractivity contribution is 5.83. The molecule has 0 saturated heterocycles. The van der Waals surface area contributed by atoms with Gasteiger partial charge in [0.1, 0.15) is 5.82 Å². The average Bonchev–Trinajstić information content (AvgIpc) is 2.30. The minimum atomic E-state index is -0.263. The van der Waals surface area contributed by atoms with Crippen LogP contribution < -0.4 is 10.9 Å². The molecule has 16 heavy (non-hydrogen) atoms. The SMILES string of the molecule is CCC(=O)C(Cc1ccc(F)cc1)NNC. The fourth-order valence-corrected chi connectivity index (χ4v) is 1.52. The average molecular weight is 224 g/mol. The Morgan fingerprint density at radius 1 is 1.38 bits per heavy atom. The van der Waals surface area contributed by atoms with Gasteiger partial charge < -0.3 is 0 Å². The van der Waals surface area contributed by atoms with Crippen LogP contribution in [0.2, 0.25) is 0 Å². The van der Waals surface area contributed by atoms with Crippen molar-refractivity contribution in [3.05, 3.63) is 35.6 Å². The smallest absolute Gasteiger partial charge is 0.151 e. The van der Waals surface area contributed by atoms with Gasteiger partial charge >= 0.3 is 0 Å². The number of hydrogen-bond acceptors (Lipinski definition) is 3. The summed E-state index contributed by atoms with van der Waals surface area (Å²) in [4.78, 5) is 11.6. The molecule has 88 valence electrons. The van der Waals surface area contributed by atoms with Crippen LogP contribution in [0.15, 0.2) is 24.3 Å². The lowest BCUT2D eigenvalue weighted by Gasteiger charge is -2.16. The Balaban J connectivity index is 2.67. The summed E-state index contributed by atoms with van der Waals surface area (Å²) in [6, 6.07) is 5.94. The monoisotopic (exact) mass is 224 g/mol. The Bertz CT molecular complexity index is 337. The third kappa shape index (κ3) is 3.72. The molecule has 0 bridgehead atoms. The fourth-order valence-electron chi connectivity index (χ4n) is 1.52. The highest BCUT2D eigenvalue weighted by Gasteiger charge is 2.15. The molecule has 0 aliphatic heterocycles. The number of nitrogens with one attached hydrogen (secondary N) is 2. The van der Waals surface area contributed by atoms with Crippen LogP contribution in [0.25, 0.3) is 0 Å². The number of hydrogen-bond donors (Lipinski definition) is 2. The molecule has 0 heterocycles. The van der Waals surface area contributed by atoms with E-state index in [1.165, 1.54) is 12.1 Å². The van der Waals surface area contributed by atoms with Gasteiger partial charge in [0.2, 0.25) is 0 Å². The molecular formula is C12H17FN2O. The molecule has 1 atom stereocenters. The topological polar surface area (TPSA) is 41.1 Å². The van der Waals surface area contributed by atoms with E-state index in [0.29, 0.717) is 12.8 Å². The minimum Gasteiger partial charge on any atom is -0.298 e. The Kier molecular flexibility index (Phi) is 5.08. The molecule has 1 unspecified atom stereocenters. The Morgan fingerprint density at radius 3 is 2.50 bits per heavy atom. The molecule has 0 aliphatic rings. The predicted molar refractivity (Wildman–Crippen MR) is 61.4 cm³/mol. The number of benzene rings is 1. The second kappa shape index (κ2) is 6.35. The first-order chi connectivity index (χ1) is 7.67. The molecule has 4 heteroatoms. The van der Waals surface area contributed by atoms with E-state index in [1.54, 1.807) is 19.2 Å². The molecule has 0 aromatic heterocycles. The lowest BCUT2D eigenvalue weighted by molar-refractivity contribution is -0.121. The lowest BCUT2D eigenvalue weighted by atomic mass is 10.0. The summed E-state index contributed by atoms with van der Waals surface area (Å²) < 4.78 is 12.7. The summed E-state index contributed by atoms with van der Waals surface area (Å²) in [5, 5.41) is 0. The van der Waals surface area contributed by atoms with Gasteiger partial charge in [-0.2, -0.15) is 0 Å². The second-order valence-electron chi connectivity index (χ2n) is 3.60. The molecule has 0 saturated carbocycles. The molecule has 1 aromatic rings. The first-order valence-corrected chi connectivity index (χ1v) is 5.36. The van der Waals surface area contributed by atoms with E-state index in [2.05, 4.69) is 10.9 Å². The standard InChI is InChI=1S/C12H17FN2O/c1-3-12(16)11(15-14-2)8-9-4-6-10(13)7-5-9/h4-7,11,14-15H,3,8H2,1-2H3. The summed E-state index contributed by atoms with van der Waals surface area (Å²) in [5.74, 6) is -0.123. The Hall–Kier alpha value is -1.26. The van der Waals surface area contributed by atoms with Crippen LogP contribution in [0, 0.1) is 5.82 Å². The van der Waals surface area contributed by atoms with E-state index < -0.39 is 0 Å². The molecule has 0 fully saturated rings. The maximum Gasteiger partial charge on any atom is 0.151 e. The largest absolute Gasteiger partial charge is 0.298 e. The summed E-state index contributed by atoms with van der Waals surface area (Å²) in [5.41, 5.74) is 6.61. The van der Waals surface area contributed by atoms with Gasteiger partial charge in [0.15, 0.2) is 5.78 Å². The highest BCUT2D eigenvalue weighted by Crippen LogP contribution is 2.07. The van der Waals surface area contributed by atoms with Crippen molar-refractivity contribution in [2.75, 3.05) is 7.05 Å². The Morgan fingerprint density at radius 2 is 2.00 bits per heavy atom. The maximum atomic E-state index is 12.7. The molecule has 0 spiro atoms. The third-order valence-electron chi connectivity index (χ3n) is 2.41. The van der Waals surface area contributed by atoms with E-state index in [4.69, 9.17) is 0 Å². The van der Waals surface area contributed by atoms with Crippen molar-refractivity contribution in [2.24, 2.45) is 0 Å². The van der Waals surface area contributed by atoms with Gasteiger partial charge in [-0.05, 0) is 31.2 Å². The summed E-state index contributed by atoms with van der Waals surface area (Å²) >= 11 is 0. The fraction of sp³-hybridized carbons (Fsp3) is 0.417. The van der Waals surface area contributed by atoms with Crippen molar-refractivity contribution in [1.29, 1.82) is 0 Å². The van der Waals surface area contributed by atoms with E-state index in [1.807, 2.05) is 6.92 Å². The zero-order chi connectivity index (χ0) is 12.0. The Labute approximate surface area is 95.0 Å². The quantitative estimate of drug-likeness (QED) is 0.718. The highest BCUT2D eigenvalue weighted by atomic mass is 19.1. The third-order valence-corrected chi connectivity index (χ3v) is 2.41. The molecule has 1 aromatic carbocycles. The van der Waals surface area contributed by atoms with Crippen molar-refractivity contribution < 1.29 is 9.18 Å². The number of rotatable bonds is 6. The van der Waals surface area contributed by atoms with Crippen LogP contribution in [0.4, 0.5) is 4.39 Å². The van der Waals surface area contributed by atoms with Crippen molar-refractivity contribution >= 4 is 5.78 Å². The molecular weight excluding hydrogens is 207 g/mol. The minimum absolute atomic E-state index is 0.138. The zero-order valence-corrected chi connectivity index (χ0v) is 9.59. The van der Waals surface area contributed by atoms with Crippen LogP contribution in [-0.2, 0) is 11.2 Å². The predicted octanol–water partition coefficient (Wildman–Crippen LogP) is 1.44. The van der Waals surface area contributed by atoms with Gasteiger partial charge in [-0.15, -0.1) is 0 Å². The molecule has 3 nitrogen and oxygen atoms in total. The second-order valence-corrected chi connectivity index (χ2v) is 3.60. The van der Waals surface area contributed by atoms with Crippen molar-refractivity contribution in [1.82, 2.24) is 10.9 Å². The van der Waals surface area contributed by atoms with Gasteiger partial charge in [-0.25, -0.2) is 9.82 Å². The van der Waals surface area contributed by atoms with Crippen molar-refractivity contribution in [3.8, 4) is 0 Å². The first-order valence-electron chi connectivity index (χ1n) is 5.36. The zero-order valence-electron chi connectivity index (χ0n) is 9.59. The van der Waals surface area contributed by atoms with Crippen LogP contribution in [0.5, 0.6) is 0 Å². The van der Waals surface area contributed by atoms with Gasteiger partial charge in [-0.1, -0.05) is 19.1 Å². The number of Topliss-reactive ketones (excluding diaryl/α,β-unsaturated/α-hetero) is 1. The van der Waals surface area contributed by atoms with Crippen LogP contribution in [-0.4, -0.2) is 18.9 Å². The number of carbonyl (C=O) groups excluding carboxylic acids is 1. The molecule has 0 amide bonds. The van der Waals surface area contributed by atoms with E-state index >= 15 is 0 Å². The van der Waals surface area contributed by atoms with Gasteiger partial charge in [-0.3, -0.25) is 10.2 Å². The van der Waals surface area contributed by atoms with Gasteiger partial charge in [0.25, 0.3) is 0 Å². The van der Waals surface area contributed by atoms with E-state index in [0.717, 1.165) is 5.56 Å². The molecule has 1 rings (SSSR count). The molecule has 2 N–H and O–H groups in total. The summed E-state index contributed by atoms with van der Waals surface area (Å²) in [6.07, 6.45) is 1.05. The van der Waals surface area contributed by atoms with Crippen LogP contribution >= 0.6 is 0 Å². The van der Waals surface area contributed by atoms with E-state index in [-0.39, 0.29) is 17.6 Å². The van der Waals surface area contributed by atoms with Crippen LogP contribution in [0.3, 0.4) is 0 Å². The maximum absolute atomic E-state index is 12.7. The molecule has 0 aliphatic carbocycles.